The van der Waals surface area contributed by atoms with E-state index in [2.05, 4.69) is 9.69 Å². The average molecular weight is 292 g/mol. The van der Waals surface area contributed by atoms with E-state index in [9.17, 15) is 14.7 Å². The number of hydrogen-bond donors (Lipinski definition) is 3. The Labute approximate surface area is 118 Å². The van der Waals surface area contributed by atoms with Gasteiger partial charge in [-0.1, -0.05) is 6.07 Å². The van der Waals surface area contributed by atoms with Crippen LogP contribution in [0.4, 0.5) is 5.00 Å². The SMILES string of the molecule is Cc1nsc(NC(=O)c2cccc(O)c2C)c1C(=O)O. The summed E-state index contributed by atoms with van der Waals surface area (Å²) in [5.41, 5.74) is 1.06. The maximum atomic E-state index is 12.1. The van der Waals surface area contributed by atoms with E-state index in [1.807, 2.05) is 0 Å². The van der Waals surface area contributed by atoms with Gasteiger partial charge in [0.2, 0.25) is 0 Å². The van der Waals surface area contributed by atoms with Gasteiger partial charge in [-0.2, -0.15) is 4.37 Å². The average Bonchev–Trinajstić information content (AvgIpc) is 2.73. The van der Waals surface area contributed by atoms with E-state index in [1.54, 1.807) is 26.0 Å². The molecule has 0 radical (unpaired) electrons. The number of phenolic OH excluding ortho intramolecular Hbond substituents is 1. The molecule has 20 heavy (non-hydrogen) atoms. The third-order valence-corrected chi connectivity index (χ3v) is 3.71. The van der Waals surface area contributed by atoms with E-state index in [1.165, 1.54) is 6.07 Å². The minimum atomic E-state index is -1.14. The van der Waals surface area contributed by atoms with E-state index in [4.69, 9.17) is 5.11 Å². The number of amides is 1. The Morgan fingerprint density at radius 3 is 2.65 bits per heavy atom. The lowest BCUT2D eigenvalue weighted by atomic mass is 10.1. The Morgan fingerprint density at radius 2 is 2.00 bits per heavy atom. The normalized spacial score (nSPS) is 10.3. The Hall–Kier alpha value is -2.41. The van der Waals surface area contributed by atoms with Crippen molar-refractivity contribution in [3.05, 3.63) is 40.6 Å². The monoisotopic (exact) mass is 292 g/mol. The quantitative estimate of drug-likeness (QED) is 0.806. The molecular weight excluding hydrogens is 280 g/mol. The molecule has 6 nitrogen and oxygen atoms in total. The number of anilines is 1. The molecular formula is C13H12N2O4S. The molecule has 1 aromatic carbocycles. The highest BCUT2D eigenvalue weighted by atomic mass is 32.1. The standard InChI is InChI=1S/C13H12N2O4S/c1-6-8(4-3-5-9(6)16)11(17)14-12-10(13(18)19)7(2)15-20-12/h3-5,16H,1-2H3,(H,14,17)(H,18,19). The Kier molecular flexibility index (Phi) is 3.71. The molecule has 2 rings (SSSR count). The van der Waals surface area contributed by atoms with Crippen LogP contribution in [0.1, 0.15) is 32.0 Å². The number of aromatic nitrogens is 1. The number of aromatic carboxylic acids is 1. The van der Waals surface area contributed by atoms with Crippen LogP contribution in [-0.2, 0) is 0 Å². The van der Waals surface area contributed by atoms with Crippen molar-refractivity contribution in [3.8, 4) is 5.75 Å². The van der Waals surface area contributed by atoms with Crippen LogP contribution in [0.2, 0.25) is 0 Å². The number of aryl methyl sites for hydroxylation is 1. The van der Waals surface area contributed by atoms with Gasteiger partial charge in [0.05, 0.1) is 5.69 Å². The van der Waals surface area contributed by atoms with Gasteiger partial charge in [0.25, 0.3) is 5.91 Å². The molecule has 0 aliphatic heterocycles. The molecule has 1 aromatic heterocycles. The van der Waals surface area contributed by atoms with Crippen LogP contribution in [0.3, 0.4) is 0 Å². The fourth-order valence-electron chi connectivity index (χ4n) is 1.75. The first-order valence-corrected chi connectivity index (χ1v) is 6.48. The number of aromatic hydroxyl groups is 1. The number of phenols is 1. The first-order chi connectivity index (χ1) is 9.41. The van der Waals surface area contributed by atoms with Crippen LogP contribution in [0.25, 0.3) is 0 Å². The summed E-state index contributed by atoms with van der Waals surface area (Å²) in [5.74, 6) is -1.61. The zero-order valence-electron chi connectivity index (χ0n) is 10.8. The molecule has 7 heteroatoms. The number of carboxylic acid groups (broad SMARTS) is 1. The second-order valence-electron chi connectivity index (χ2n) is 4.18. The lowest BCUT2D eigenvalue weighted by molar-refractivity contribution is 0.0697. The summed E-state index contributed by atoms with van der Waals surface area (Å²) in [4.78, 5) is 23.3. The third kappa shape index (κ3) is 2.48. The van der Waals surface area contributed by atoms with Crippen LogP contribution < -0.4 is 5.32 Å². The van der Waals surface area contributed by atoms with Crippen molar-refractivity contribution in [2.24, 2.45) is 0 Å². The summed E-state index contributed by atoms with van der Waals surface area (Å²) in [6, 6.07) is 4.58. The molecule has 1 heterocycles. The fraction of sp³-hybridized carbons (Fsp3) is 0.154. The molecule has 2 aromatic rings. The summed E-state index contributed by atoms with van der Waals surface area (Å²) in [5, 5.41) is 21.4. The van der Waals surface area contributed by atoms with E-state index in [0.717, 1.165) is 11.5 Å². The Morgan fingerprint density at radius 1 is 1.30 bits per heavy atom. The molecule has 0 atom stereocenters. The van der Waals surface area contributed by atoms with Crippen LogP contribution in [0.15, 0.2) is 18.2 Å². The van der Waals surface area contributed by atoms with Gasteiger partial charge in [-0.15, -0.1) is 0 Å². The first kappa shape index (κ1) is 14.0. The molecule has 0 saturated heterocycles. The smallest absolute Gasteiger partial charge is 0.340 e. The first-order valence-electron chi connectivity index (χ1n) is 5.71. The second kappa shape index (κ2) is 5.30. The number of carbonyl (C=O) groups excluding carboxylic acids is 1. The molecule has 0 bridgehead atoms. The van der Waals surface area contributed by atoms with Crippen molar-refractivity contribution < 1.29 is 19.8 Å². The number of benzene rings is 1. The van der Waals surface area contributed by atoms with E-state index in [0.29, 0.717) is 11.3 Å². The Balaban J connectivity index is 2.33. The number of nitrogens with one attached hydrogen (secondary N) is 1. The van der Waals surface area contributed by atoms with Gasteiger partial charge in [0.15, 0.2) is 0 Å². The molecule has 0 aliphatic carbocycles. The number of nitrogens with zero attached hydrogens (tertiary/aromatic N) is 1. The molecule has 3 N–H and O–H groups in total. The molecule has 1 amide bonds. The Bertz CT molecular complexity index is 694. The van der Waals surface area contributed by atoms with E-state index < -0.39 is 11.9 Å². The summed E-state index contributed by atoms with van der Waals surface area (Å²) >= 11 is 0.912. The number of hydrogen-bond acceptors (Lipinski definition) is 5. The van der Waals surface area contributed by atoms with Crippen LogP contribution in [0.5, 0.6) is 5.75 Å². The summed E-state index contributed by atoms with van der Waals surface area (Å²) in [7, 11) is 0. The van der Waals surface area contributed by atoms with Crippen molar-refractivity contribution in [1.82, 2.24) is 4.37 Å². The minimum absolute atomic E-state index is 0.0107. The van der Waals surface area contributed by atoms with Gasteiger partial charge in [-0.05, 0) is 37.5 Å². The maximum Gasteiger partial charge on any atom is 0.340 e. The van der Waals surface area contributed by atoms with Crippen molar-refractivity contribution in [2.45, 2.75) is 13.8 Å². The summed E-state index contributed by atoms with van der Waals surface area (Å²) in [6.45, 7) is 3.18. The van der Waals surface area contributed by atoms with Gasteiger partial charge in [-0.3, -0.25) is 4.79 Å². The maximum absolute atomic E-state index is 12.1. The number of carbonyl (C=O) groups is 2. The van der Waals surface area contributed by atoms with Gasteiger partial charge >= 0.3 is 5.97 Å². The van der Waals surface area contributed by atoms with Gasteiger partial charge in [-0.25, -0.2) is 4.79 Å². The second-order valence-corrected chi connectivity index (χ2v) is 4.95. The molecule has 0 saturated carbocycles. The van der Waals surface area contributed by atoms with Crippen molar-refractivity contribution in [2.75, 3.05) is 5.32 Å². The van der Waals surface area contributed by atoms with Crippen LogP contribution >= 0.6 is 11.5 Å². The zero-order chi connectivity index (χ0) is 14.9. The third-order valence-electron chi connectivity index (χ3n) is 2.85. The largest absolute Gasteiger partial charge is 0.508 e. The number of carboxylic acids is 1. The molecule has 0 aliphatic rings. The number of rotatable bonds is 3. The topological polar surface area (TPSA) is 99.5 Å². The van der Waals surface area contributed by atoms with Crippen LogP contribution in [0, 0.1) is 13.8 Å². The zero-order valence-corrected chi connectivity index (χ0v) is 11.6. The van der Waals surface area contributed by atoms with Gasteiger partial charge < -0.3 is 15.5 Å². The highest BCUT2D eigenvalue weighted by Crippen LogP contribution is 2.26. The lowest BCUT2D eigenvalue weighted by Crippen LogP contribution is -2.14. The summed E-state index contributed by atoms with van der Waals surface area (Å²) < 4.78 is 3.92. The molecule has 104 valence electrons. The molecule has 0 unspecified atom stereocenters. The van der Waals surface area contributed by atoms with Crippen molar-refractivity contribution >= 4 is 28.4 Å². The predicted octanol–water partition coefficient (Wildman–Crippen LogP) is 2.42. The van der Waals surface area contributed by atoms with Crippen molar-refractivity contribution in [3.63, 3.8) is 0 Å². The van der Waals surface area contributed by atoms with Crippen molar-refractivity contribution in [1.29, 1.82) is 0 Å². The van der Waals surface area contributed by atoms with E-state index in [-0.39, 0.29) is 21.9 Å². The van der Waals surface area contributed by atoms with Gasteiger partial charge in [0, 0.05) is 11.1 Å². The fourth-order valence-corrected chi connectivity index (χ4v) is 2.53. The highest BCUT2D eigenvalue weighted by molar-refractivity contribution is 7.11. The van der Waals surface area contributed by atoms with Gasteiger partial charge in [0.1, 0.15) is 16.3 Å². The minimum Gasteiger partial charge on any atom is -0.508 e. The lowest BCUT2D eigenvalue weighted by Gasteiger charge is -2.07. The highest BCUT2D eigenvalue weighted by Gasteiger charge is 2.20. The molecule has 0 spiro atoms. The summed E-state index contributed by atoms with van der Waals surface area (Å²) in [6.07, 6.45) is 0. The van der Waals surface area contributed by atoms with E-state index >= 15 is 0 Å². The predicted molar refractivity (Wildman–Crippen MR) is 74.6 cm³/mol. The van der Waals surface area contributed by atoms with Crippen LogP contribution in [-0.4, -0.2) is 26.5 Å². The molecule has 0 fully saturated rings.